The third-order valence-electron chi connectivity index (χ3n) is 3.50. The van der Waals surface area contributed by atoms with Crippen molar-refractivity contribution in [2.45, 2.75) is 0 Å². The second kappa shape index (κ2) is 12.8. The normalized spacial score (nSPS) is 10.7. The van der Waals surface area contributed by atoms with Crippen LogP contribution in [0.25, 0.3) is 0 Å². The first-order valence-electron chi connectivity index (χ1n) is 8.94. The molecule has 0 amide bonds. The van der Waals surface area contributed by atoms with Crippen LogP contribution in [0.4, 0.5) is 11.4 Å². The number of nitrogens with two attached hydrogens (primary N) is 2. The van der Waals surface area contributed by atoms with Gasteiger partial charge in [-0.05, 0) is 48.5 Å². The van der Waals surface area contributed by atoms with Gasteiger partial charge >= 0.3 is 0 Å². The highest BCUT2D eigenvalue weighted by Gasteiger charge is 1.96. The van der Waals surface area contributed by atoms with E-state index >= 15 is 0 Å². The van der Waals surface area contributed by atoms with Crippen LogP contribution < -0.4 is 20.9 Å². The molecule has 0 aliphatic carbocycles. The third kappa shape index (κ3) is 9.69. The van der Waals surface area contributed by atoms with Crippen molar-refractivity contribution in [1.82, 2.24) is 0 Å². The van der Waals surface area contributed by atoms with E-state index in [1.54, 1.807) is 24.3 Å². The van der Waals surface area contributed by atoms with E-state index in [-0.39, 0.29) is 0 Å². The molecule has 0 fully saturated rings. The molecule has 0 saturated carbocycles. The number of ether oxygens (including phenoxy) is 5. The Kier molecular flexibility index (Phi) is 9.88. The zero-order valence-corrected chi connectivity index (χ0v) is 15.5. The van der Waals surface area contributed by atoms with Crippen molar-refractivity contribution in [3.05, 3.63) is 48.5 Å². The van der Waals surface area contributed by atoms with Crippen molar-refractivity contribution in [2.75, 3.05) is 64.3 Å². The summed E-state index contributed by atoms with van der Waals surface area (Å²) in [5.41, 5.74) is 12.7. The average Bonchev–Trinajstić information content (AvgIpc) is 2.68. The molecular weight excluding hydrogens is 348 g/mol. The SMILES string of the molecule is Nc1ccc(OCCOCCOCCOCCOc2ccc(N)cc2)cc1. The highest BCUT2D eigenvalue weighted by molar-refractivity contribution is 5.42. The van der Waals surface area contributed by atoms with Crippen LogP contribution >= 0.6 is 0 Å². The molecule has 0 aliphatic rings. The highest BCUT2D eigenvalue weighted by atomic mass is 16.6. The van der Waals surface area contributed by atoms with Gasteiger partial charge in [0, 0.05) is 11.4 Å². The van der Waals surface area contributed by atoms with Gasteiger partial charge in [-0.2, -0.15) is 0 Å². The fraction of sp³-hybridized carbons (Fsp3) is 0.400. The molecule has 2 aromatic rings. The molecule has 148 valence electrons. The van der Waals surface area contributed by atoms with Gasteiger partial charge in [0.1, 0.15) is 24.7 Å². The molecule has 27 heavy (non-hydrogen) atoms. The van der Waals surface area contributed by atoms with Crippen molar-refractivity contribution >= 4 is 11.4 Å². The lowest BCUT2D eigenvalue weighted by atomic mass is 10.3. The maximum absolute atomic E-state index is 5.61. The Morgan fingerprint density at radius 1 is 0.444 bits per heavy atom. The van der Waals surface area contributed by atoms with Crippen LogP contribution in [-0.4, -0.2) is 52.9 Å². The Labute approximate surface area is 160 Å². The zero-order chi connectivity index (χ0) is 19.2. The molecule has 7 heteroatoms. The van der Waals surface area contributed by atoms with Gasteiger partial charge in [-0.3, -0.25) is 0 Å². The lowest BCUT2D eigenvalue weighted by molar-refractivity contribution is 0.00499. The van der Waals surface area contributed by atoms with Crippen molar-refractivity contribution < 1.29 is 23.7 Å². The fourth-order valence-electron chi connectivity index (χ4n) is 2.11. The van der Waals surface area contributed by atoms with Gasteiger partial charge in [0.2, 0.25) is 0 Å². The van der Waals surface area contributed by atoms with Crippen molar-refractivity contribution in [2.24, 2.45) is 0 Å². The molecule has 0 heterocycles. The first-order chi connectivity index (χ1) is 13.2. The molecule has 0 aromatic heterocycles. The molecule has 0 aliphatic heterocycles. The van der Waals surface area contributed by atoms with E-state index in [0.717, 1.165) is 11.5 Å². The molecule has 7 nitrogen and oxygen atoms in total. The predicted octanol–water partition coefficient (Wildman–Crippen LogP) is 2.36. The Morgan fingerprint density at radius 2 is 0.741 bits per heavy atom. The molecule has 2 aromatic carbocycles. The third-order valence-corrected chi connectivity index (χ3v) is 3.50. The summed E-state index contributed by atoms with van der Waals surface area (Å²) in [6.07, 6.45) is 0. The minimum atomic E-state index is 0.487. The summed E-state index contributed by atoms with van der Waals surface area (Å²) in [5.74, 6) is 1.56. The van der Waals surface area contributed by atoms with Crippen LogP contribution in [0.5, 0.6) is 11.5 Å². The van der Waals surface area contributed by atoms with Gasteiger partial charge in [-0.15, -0.1) is 0 Å². The minimum Gasteiger partial charge on any atom is -0.491 e. The molecule has 0 unspecified atom stereocenters. The number of hydrogen-bond donors (Lipinski definition) is 2. The molecular formula is C20H28N2O5. The van der Waals surface area contributed by atoms with Gasteiger partial charge < -0.3 is 35.2 Å². The Morgan fingerprint density at radius 3 is 1.07 bits per heavy atom. The quantitative estimate of drug-likeness (QED) is 0.386. The second-order valence-electron chi connectivity index (χ2n) is 5.67. The van der Waals surface area contributed by atoms with Crippen LogP contribution in [0.2, 0.25) is 0 Å². The van der Waals surface area contributed by atoms with Crippen LogP contribution in [-0.2, 0) is 14.2 Å². The molecule has 4 N–H and O–H groups in total. The van der Waals surface area contributed by atoms with Crippen LogP contribution in [0.1, 0.15) is 0 Å². The van der Waals surface area contributed by atoms with Gasteiger partial charge in [-0.25, -0.2) is 0 Å². The van der Waals surface area contributed by atoms with Gasteiger partial charge in [0.25, 0.3) is 0 Å². The van der Waals surface area contributed by atoms with E-state index in [0.29, 0.717) is 64.2 Å². The Balaban J connectivity index is 1.32. The van der Waals surface area contributed by atoms with Crippen LogP contribution in [0.3, 0.4) is 0 Å². The van der Waals surface area contributed by atoms with E-state index in [9.17, 15) is 0 Å². The predicted molar refractivity (Wildman–Crippen MR) is 105 cm³/mol. The number of hydrogen-bond acceptors (Lipinski definition) is 7. The zero-order valence-electron chi connectivity index (χ0n) is 15.5. The lowest BCUT2D eigenvalue weighted by Crippen LogP contribution is -2.14. The first kappa shape index (κ1) is 20.8. The maximum Gasteiger partial charge on any atom is 0.119 e. The van der Waals surface area contributed by atoms with E-state index in [4.69, 9.17) is 35.2 Å². The molecule has 0 bridgehead atoms. The smallest absolute Gasteiger partial charge is 0.119 e. The average molecular weight is 376 g/mol. The summed E-state index contributed by atoms with van der Waals surface area (Å²) in [4.78, 5) is 0. The molecule has 0 atom stereocenters. The van der Waals surface area contributed by atoms with E-state index in [1.165, 1.54) is 0 Å². The van der Waals surface area contributed by atoms with E-state index in [1.807, 2.05) is 24.3 Å². The van der Waals surface area contributed by atoms with Crippen LogP contribution in [0, 0.1) is 0 Å². The summed E-state index contributed by atoms with van der Waals surface area (Å²) in [6.45, 7) is 4.07. The number of nitrogen functional groups attached to an aromatic ring is 2. The standard InChI is InChI=1S/C20H28N2O5/c21-17-1-5-19(6-2-17)26-15-13-24-11-9-23-10-12-25-14-16-27-20-7-3-18(22)4-8-20/h1-8H,9-16,21-22H2. The van der Waals surface area contributed by atoms with E-state index < -0.39 is 0 Å². The monoisotopic (exact) mass is 376 g/mol. The van der Waals surface area contributed by atoms with Crippen LogP contribution in [0.15, 0.2) is 48.5 Å². The summed E-state index contributed by atoms with van der Waals surface area (Å²) >= 11 is 0. The Hall–Kier alpha value is -2.48. The molecule has 0 radical (unpaired) electrons. The molecule has 0 spiro atoms. The van der Waals surface area contributed by atoms with Crippen molar-refractivity contribution in [3.8, 4) is 11.5 Å². The second-order valence-corrected chi connectivity index (χ2v) is 5.67. The van der Waals surface area contributed by atoms with Crippen molar-refractivity contribution in [1.29, 1.82) is 0 Å². The minimum absolute atomic E-state index is 0.487. The van der Waals surface area contributed by atoms with Gasteiger partial charge in [0.15, 0.2) is 0 Å². The lowest BCUT2D eigenvalue weighted by Gasteiger charge is -2.09. The largest absolute Gasteiger partial charge is 0.491 e. The number of rotatable bonds is 14. The van der Waals surface area contributed by atoms with Crippen molar-refractivity contribution in [3.63, 3.8) is 0 Å². The number of benzene rings is 2. The van der Waals surface area contributed by atoms with Gasteiger partial charge in [-0.1, -0.05) is 0 Å². The summed E-state index contributed by atoms with van der Waals surface area (Å²) in [6, 6.07) is 14.5. The Bertz CT molecular complexity index is 564. The topological polar surface area (TPSA) is 98.2 Å². The van der Waals surface area contributed by atoms with Gasteiger partial charge in [0.05, 0.1) is 39.6 Å². The summed E-state index contributed by atoms with van der Waals surface area (Å²) < 4.78 is 27.3. The highest BCUT2D eigenvalue weighted by Crippen LogP contribution is 2.13. The molecule has 2 rings (SSSR count). The number of anilines is 2. The molecule has 0 saturated heterocycles. The fourth-order valence-corrected chi connectivity index (χ4v) is 2.11. The first-order valence-corrected chi connectivity index (χ1v) is 8.94. The maximum atomic E-state index is 5.61. The van der Waals surface area contributed by atoms with E-state index in [2.05, 4.69) is 0 Å². The summed E-state index contributed by atoms with van der Waals surface area (Å²) in [7, 11) is 0. The summed E-state index contributed by atoms with van der Waals surface area (Å²) in [5, 5.41) is 0.